The minimum absolute atomic E-state index is 0.0116. The van der Waals surface area contributed by atoms with E-state index in [1.165, 1.54) is 17.6 Å². The maximum Gasteiger partial charge on any atom is 0.274 e. The van der Waals surface area contributed by atoms with Crippen LogP contribution in [0.25, 0.3) is 0 Å². The van der Waals surface area contributed by atoms with Crippen molar-refractivity contribution in [2.75, 3.05) is 0 Å². The lowest BCUT2D eigenvalue weighted by Gasteiger charge is -2.10. The van der Waals surface area contributed by atoms with E-state index in [2.05, 4.69) is 13.8 Å². The van der Waals surface area contributed by atoms with Crippen LogP contribution in [0.2, 0.25) is 0 Å². The first-order valence-corrected chi connectivity index (χ1v) is 6.53. The van der Waals surface area contributed by atoms with Gasteiger partial charge in [0.25, 0.3) is 5.91 Å². The fraction of sp³-hybridized carbons (Fsp3) is 0.188. The van der Waals surface area contributed by atoms with E-state index >= 15 is 0 Å². The van der Waals surface area contributed by atoms with Crippen molar-refractivity contribution in [1.29, 1.82) is 0 Å². The zero-order valence-electron chi connectivity index (χ0n) is 11.8. The Balaban J connectivity index is 2.18. The lowest BCUT2D eigenvalue weighted by Crippen LogP contribution is -2.18. The van der Waals surface area contributed by atoms with Gasteiger partial charge in [-0.25, -0.2) is 9.87 Å². The quantitative estimate of drug-likeness (QED) is 0.663. The molecule has 0 aliphatic rings. The molecule has 2 rings (SSSR count). The number of hydrogen-bond acceptors (Lipinski definition) is 3. The molecule has 2 N–H and O–H groups in total. The van der Waals surface area contributed by atoms with Gasteiger partial charge in [0.05, 0.1) is 0 Å². The van der Waals surface area contributed by atoms with Crippen LogP contribution in [0.15, 0.2) is 42.5 Å². The van der Waals surface area contributed by atoms with E-state index in [4.69, 9.17) is 9.94 Å². The van der Waals surface area contributed by atoms with Crippen LogP contribution in [0.5, 0.6) is 11.5 Å². The number of halogens is 1. The summed E-state index contributed by atoms with van der Waals surface area (Å²) in [7, 11) is 0. The van der Waals surface area contributed by atoms with Crippen LogP contribution in [0.4, 0.5) is 4.39 Å². The summed E-state index contributed by atoms with van der Waals surface area (Å²) in [6.45, 7) is 4.17. The first kappa shape index (κ1) is 15.0. The average molecular weight is 289 g/mol. The minimum Gasteiger partial charge on any atom is -0.454 e. The van der Waals surface area contributed by atoms with E-state index in [1.807, 2.05) is 12.1 Å². The topological polar surface area (TPSA) is 58.6 Å². The lowest BCUT2D eigenvalue weighted by molar-refractivity contribution is 0.0706. The number of benzene rings is 2. The van der Waals surface area contributed by atoms with E-state index in [0.717, 1.165) is 11.6 Å². The molecule has 1 amide bonds. The van der Waals surface area contributed by atoms with Crippen molar-refractivity contribution < 1.29 is 19.1 Å². The van der Waals surface area contributed by atoms with Crippen molar-refractivity contribution in [3.8, 4) is 11.5 Å². The molecule has 2 aromatic rings. The second kappa shape index (κ2) is 6.37. The molecule has 0 bridgehead atoms. The van der Waals surface area contributed by atoms with Crippen LogP contribution in [-0.2, 0) is 0 Å². The van der Waals surface area contributed by atoms with Gasteiger partial charge >= 0.3 is 0 Å². The maximum absolute atomic E-state index is 13.9. The summed E-state index contributed by atoms with van der Waals surface area (Å²) in [5.41, 5.74) is 2.62. The van der Waals surface area contributed by atoms with Gasteiger partial charge in [0.2, 0.25) is 0 Å². The van der Waals surface area contributed by atoms with E-state index in [1.54, 1.807) is 12.1 Å². The molecule has 0 unspecified atom stereocenters. The van der Waals surface area contributed by atoms with E-state index in [-0.39, 0.29) is 11.3 Å². The van der Waals surface area contributed by atoms with Crippen LogP contribution in [0.3, 0.4) is 0 Å². The highest BCUT2D eigenvalue weighted by Gasteiger charge is 2.10. The Kier molecular flexibility index (Phi) is 4.55. The standard InChI is InChI=1S/C16H16FNO3/c1-10(2)11-3-6-13(7-4-11)21-15-8-5-12(9-14(15)17)16(19)18-20/h3-10,20H,1-2H3,(H,18,19). The van der Waals surface area contributed by atoms with Crippen LogP contribution < -0.4 is 10.2 Å². The van der Waals surface area contributed by atoms with Gasteiger partial charge < -0.3 is 4.74 Å². The molecule has 110 valence electrons. The van der Waals surface area contributed by atoms with Crippen LogP contribution in [0.1, 0.15) is 35.7 Å². The molecule has 0 aliphatic heterocycles. The number of nitrogens with one attached hydrogen (secondary N) is 1. The van der Waals surface area contributed by atoms with Gasteiger partial charge in [-0.05, 0) is 41.8 Å². The smallest absolute Gasteiger partial charge is 0.274 e. The molecule has 2 aromatic carbocycles. The molecule has 0 aliphatic carbocycles. The van der Waals surface area contributed by atoms with Gasteiger partial charge in [0.1, 0.15) is 5.75 Å². The highest BCUT2D eigenvalue weighted by atomic mass is 19.1. The lowest BCUT2D eigenvalue weighted by atomic mass is 10.0. The highest BCUT2D eigenvalue weighted by Crippen LogP contribution is 2.26. The van der Waals surface area contributed by atoms with Crippen LogP contribution in [-0.4, -0.2) is 11.1 Å². The van der Waals surface area contributed by atoms with Gasteiger partial charge in [-0.15, -0.1) is 0 Å². The highest BCUT2D eigenvalue weighted by molar-refractivity contribution is 5.93. The fourth-order valence-electron chi connectivity index (χ4n) is 1.84. The molecule has 0 radical (unpaired) electrons. The minimum atomic E-state index is -0.776. The number of ether oxygens (including phenoxy) is 1. The van der Waals surface area contributed by atoms with Gasteiger partial charge in [0, 0.05) is 5.56 Å². The van der Waals surface area contributed by atoms with Gasteiger partial charge in [0.15, 0.2) is 11.6 Å². The molecule has 0 atom stereocenters. The first-order valence-electron chi connectivity index (χ1n) is 6.53. The van der Waals surface area contributed by atoms with Crippen LogP contribution in [0, 0.1) is 5.82 Å². The third-order valence-corrected chi connectivity index (χ3v) is 3.07. The summed E-state index contributed by atoms with van der Waals surface area (Å²) >= 11 is 0. The molecule has 4 nitrogen and oxygen atoms in total. The summed E-state index contributed by atoms with van der Waals surface area (Å²) in [5, 5.41) is 8.50. The largest absolute Gasteiger partial charge is 0.454 e. The Bertz CT molecular complexity index is 638. The molecule has 0 heterocycles. The number of rotatable bonds is 4. The Morgan fingerprint density at radius 2 is 1.86 bits per heavy atom. The van der Waals surface area contributed by atoms with Crippen molar-refractivity contribution in [2.24, 2.45) is 0 Å². The number of carbonyl (C=O) groups is 1. The number of amides is 1. The third-order valence-electron chi connectivity index (χ3n) is 3.07. The molecule has 21 heavy (non-hydrogen) atoms. The Morgan fingerprint density at radius 1 is 1.19 bits per heavy atom. The zero-order chi connectivity index (χ0) is 15.4. The molecule has 0 fully saturated rings. The van der Waals surface area contributed by atoms with Crippen molar-refractivity contribution in [3.63, 3.8) is 0 Å². The predicted molar refractivity (Wildman–Crippen MR) is 76.3 cm³/mol. The summed E-state index contributed by atoms with van der Waals surface area (Å²) < 4.78 is 19.3. The molecular weight excluding hydrogens is 273 g/mol. The van der Waals surface area contributed by atoms with Crippen LogP contribution >= 0.6 is 0 Å². The average Bonchev–Trinajstić information content (AvgIpc) is 2.49. The maximum atomic E-state index is 13.9. The SMILES string of the molecule is CC(C)c1ccc(Oc2ccc(C(=O)NO)cc2F)cc1. The second-order valence-electron chi connectivity index (χ2n) is 4.91. The Labute approximate surface area is 122 Å². The Hall–Kier alpha value is -2.40. The monoisotopic (exact) mass is 289 g/mol. The first-order chi connectivity index (χ1) is 10.0. The summed E-state index contributed by atoms with van der Waals surface area (Å²) in [4.78, 5) is 11.2. The summed E-state index contributed by atoms with van der Waals surface area (Å²) in [6.07, 6.45) is 0. The molecular formula is C16H16FNO3. The predicted octanol–water partition coefficient (Wildman–Crippen LogP) is 3.86. The van der Waals surface area contributed by atoms with E-state index in [9.17, 15) is 9.18 Å². The van der Waals surface area contributed by atoms with Crippen molar-refractivity contribution in [1.82, 2.24) is 5.48 Å². The molecule has 0 saturated heterocycles. The molecule has 5 heteroatoms. The van der Waals surface area contributed by atoms with Gasteiger partial charge in [-0.3, -0.25) is 10.0 Å². The van der Waals surface area contributed by atoms with Crippen molar-refractivity contribution >= 4 is 5.91 Å². The molecule has 0 aromatic heterocycles. The number of hydrogen-bond donors (Lipinski definition) is 2. The fourth-order valence-corrected chi connectivity index (χ4v) is 1.84. The Morgan fingerprint density at radius 3 is 2.38 bits per heavy atom. The normalized spacial score (nSPS) is 10.5. The molecule has 0 saturated carbocycles. The van der Waals surface area contributed by atoms with Gasteiger partial charge in [-0.1, -0.05) is 26.0 Å². The summed E-state index contributed by atoms with van der Waals surface area (Å²) in [5.74, 6) is -0.516. The molecule has 0 spiro atoms. The summed E-state index contributed by atoms with van der Waals surface area (Å²) in [6, 6.07) is 11.1. The number of carbonyl (C=O) groups excluding carboxylic acids is 1. The second-order valence-corrected chi connectivity index (χ2v) is 4.91. The van der Waals surface area contributed by atoms with E-state index in [0.29, 0.717) is 11.7 Å². The number of hydroxylamine groups is 1. The third kappa shape index (κ3) is 3.58. The van der Waals surface area contributed by atoms with E-state index < -0.39 is 11.7 Å². The van der Waals surface area contributed by atoms with Crippen molar-refractivity contribution in [2.45, 2.75) is 19.8 Å². The van der Waals surface area contributed by atoms with Crippen molar-refractivity contribution in [3.05, 3.63) is 59.4 Å². The van der Waals surface area contributed by atoms with Gasteiger partial charge in [-0.2, -0.15) is 0 Å². The zero-order valence-corrected chi connectivity index (χ0v) is 11.8.